The zero-order valence-electron chi connectivity index (χ0n) is 15.1. The van der Waals surface area contributed by atoms with E-state index in [0.29, 0.717) is 11.6 Å². The summed E-state index contributed by atoms with van der Waals surface area (Å²) >= 11 is 0. The lowest BCUT2D eigenvalue weighted by Gasteiger charge is -2.29. The summed E-state index contributed by atoms with van der Waals surface area (Å²) in [4.78, 5) is 25.8. The van der Waals surface area contributed by atoms with Gasteiger partial charge in [-0.15, -0.1) is 0 Å². The van der Waals surface area contributed by atoms with Crippen molar-refractivity contribution in [1.29, 1.82) is 0 Å². The number of amides is 1. The summed E-state index contributed by atoms with van der Waals surface area (Å²) in [6.45, 7) is 7.38. The number of fused-ring (bicyclic) bond motifs is 1. The van der Waals surface area contributed by atoms with Gasteiger partial charge >= 0.3 is 0 Å². The van der Waals surface area contributed by atoms with E-state index in [4.69, 9.17) is 0 Å². The Kier molecular flexibility index (Phi) is 5.64. The Morgan fingerprint density at radius 3 is 2.56 bits per heavy atom. The molecule has 5 nitrogen and oxygen atoms in total. The Bertz CT molecular complexity index is 725. The number of nitrogens with zero attached hydrogens (tertiary/aromatic N) is 4. The van der Waals surface area contributed by atoms with Gasteiger partial charge in [0.2, 0.25) is 5.95 Å². The van der Waals surface area contributed by atoms with Gasteiger partial charge in [-0.05, 0) is 36.5 Å². The van der Waals surface area contributed by atoms with Gasteiger partial charge in [-0.3, -0.25) is 4.79 Å². The molecule has 1 aliphatic heterocycles. The van der Waals surface area contributed by atoms with Crippen molar-refractivity contribution >= 4 is 11.9 Å². The van der Waals surface area contributed by atoms with Crippen LogP contribution in [0.3, 0.4) is 0 Å². The highest BCUT2D eigenvalue weighted by Gasteiger charge is 2.21. The molecule has 0 radical (unpaired) electrons. The van der Waals surface area contributed by atoms with Gasteiger partial charge in [0.05, 0.1) is 0 Å². The molecule has 1 amide bonds. The summed E-state index contributed by atoms with van der Waals surface area (Å²) in [6.07, 6.45) is 4.58. The van der Waals surface area contributed by atoms with Crippen LogP contribution in [-0.4, -0.2) is 40.4 Å². The molecule has 1 aromatic heterocycles. The summed E-state index contributed by atoms with van der Waals surface area (Å²) in [6, 6.07) is 10.2. The third-order valence-corrected chi connectivity index (χ3v) is 4.55. The van der Waals surface area contributed by atoms with Crippen LogP contribution in [-0.2, 0) is 13.0 Å². The smallest absolute Gasteiger partial charge is 0.272 e. The topological polar surface area (TPSA) is 49.3 Å². The van der Waals surface area contributed by atoms with Gasteiger partial charge in [0.15, 0.2) is 0 Å². The fourth-order valence-corrected chi connectivity index (χ4v) is 3.30. The van der Waals surface area contributed by atoms with Gasteiger partial charge < -0.3 is 9.80 Å². The van der Waals surface area contributed by atoms with E-state index in [1.807, 2.05) is 4.90 Å². The van der Waals surface area contributed by atoms with E-state index < -0.39 is 0 Å². The molecule has 3 rings (SSSR count). The molecule has 2 aromatic rings. The Labute approximate surface area is 149 Å². The summed E-state index contributed by atoms with van der Waals surface area (Å²) in [5.41, 5.74) is 3.20. The summed E-state index contributed by atoms with van der Waals surface area (Å²) in [5, 5.41) is 0. The highest BCUT2D eigenvalue weighted by molar-refractivity contribution is 5.92. The van der Waals surface area contributed by atoms with Crippen molar-refractivity contribution in [2.24, 2.45) is 0 Å². The van der Waals surface area contributed by atoms with Crippen LogP contribution in [0.15, 0.2) is 36.5 Å². The largest absolute Gasteiger partial charge is 0.337 e. The molecule has 25 heavy (non-hydrogen) atoms. The highest BCUT2D eigenvalue weighted by Crippen LogP contribution is 2.22. The first-order chi connectivity index (χ1) is 12.2. The fourth-order valence-electron chi connectivity index (χ4n) is 3.30. The lowest BCUT2D eigenvalue weighted by molar-refractivity contribution is 0.0749. The van der Waals surface area contributed by atoms with Crippen LogP contribution < -0.4 is 4.90 Å². The van der Waals surface area contributed by atoms with Gasteiger partial charge in [0.1, 0.15) is 5.69 Å². The maximum Gasteiger partial charge on any atom is 0.272 e. The van der Waals surface area contributed by atoms with E-state index in [0.717, 1.165) is 45.4 Å². The molecule has 0 aliphatic carbocycles. The Balaban J connectivity index is 1.79. The maximum absolute atomic E-state index is 12.8. The Morgan fingerprint density at radius 1 is 1.12 bits per heavy atom. The summed E-state index contributed by atoms with van der Waals surface area (Å²) in [7, 11) is 0. The molecule has 0 atom stereocenters. The third-order valence-electron chi connectivity index (χ3n) is 4.55. The Hall–Kier alpha value is -2.43. The third kappa shape index (κ3) is 3.98. The fraction of sp³-hybridized carbons (Fsp3) is 0.450. The van der Waals surface area contributed by atoms with E-state index in [2.05, 4.69) is 53.0 Å². The lowest BCUT2D eigenvalue weighted by atomic mass is 10.0. The number of rotatable bonds is 6. The second-order valence-electron chi connectivity index (χ2n) is 6.47. The van der Waals surface area contributed by atoms with Crippen molar-refractivity contribution in [1.82, 2.24) is 14.9 Å². The number of aromatic nitrogens is 2. The van der Waals surface area contributed by atoms with Crippen LogP contribution in [0, 0.1) is 0 Å². The van der Waals surface area contributed by atoms with Gasteiger partial charge in [-0.2, -0.15) is 0 Å². The van der Waals surface area contributed by atoms with Crippen LogP contribution in [0.2, 0.25) is 0 Å². The molecular formula is C20H26N4O. The zero-order chi connectivity index (χ0) is 17.6. The molecule has 5 heteroatoms. The SMILES string of the molecule is CCCN(CCC)C(=O)c1ccnc(N2CCc3ccccc3C2)n1. The zero-order valence-corrected chi connectivity index (χ0v) is 15.1. The number of hydrogen-bond donors (Lipinski definition) is 0. The van der Waals surface area contributed by atoms with Gasteiger partial charge in [0.25, 0.3) is 5.91 Å². The van der Waals surface area contributed by atoms with Crippen molar-refractivity contribution in [2.45, 2.75) is 39.7 Å². The highest BCUT2D eigenvalue weighted by atomic mass is 16.2. The molecule has 1 aliphatic rings. The first-order valence-electron chi connectivity index (χ1n) is 9.17. The number of hydrogen-bond acceptors (Lipinski definition) is 4. The standard InChI is InChI=1S/C20H26N4O/c1-3-12-23(13-4-2)19(25)18-9-11-21-20(22-18)24-14-10-16-7-5-6-8-17(16)15-24/h5-9,11H,3-4,10,12-15H2,1-2H3. The number of carbonyl (C=O) groups excluding carboxylic acids is 1. The average molecular weight is 338 g/mol. The number of benzene rings is 1. The lowest BCUT2D eigenvalue weighted by Crippen LogP contribution is -2.35. The van der Waals surface area contributed by atoms with Gasteiger partial charge in [-0.1, -0.05) is 38.1 Å². The minimum absolute atomic E-state index is 0.00441. The van der Waals surface area contributed by atoms with E-state index >= 15 is 0 Å². The maximum atomic E-state index is 12.8. The molecule has 0 spiro atoms. The van der Waals surface area contributed by atoms with Crippen LogP contribution in [0.1, 0.15) is 48.3 Å². The van der Waals surface area contributed by atoms with Crippen molar-refractivity contribution < 1.29 is 4.79 Å². The van der Waals surface area contributed by atoms with Gasteiger partial charge in [-0.25, -0.2) is 9.97 Å². The molecule has 0 saturated carbocycles. The molecule has 132 valence electrons. The first kappa shape index (κ1) is 17.4. The molecule has 0 fully saturated rings. The van der Waals surface area contributed by atoms with Crippen LogP contribution >= 0.6 is 0 Å². The van der Waals surface area contributed by atoms with Gasteiger partial charge in [0, 0.05) is 32.4 Å². The molecule has 0 bridgehead atoms. The number of carbonyl (C=O) groups is 1. The molecule has 1 aromatic carbocycles. The average Bonchev–Trinajstić information content (AvgIpc) is 2.67. The van der Waals surface area contributed by atoms with Crippen molar-refractivity contribution in [3.63, 3.8) is 0 Å². The predicted octanol–water partition coefficient (Wildman–Crippen LogP) is 3.30. The summed E-state index contributed by atoms with van der Waals surface area (Å²) < 4.78 is 0. The van der Waals surface area contributed by atoms with Crippen molar-refractivity contribution in [3.8, 4) is 0 Å². The normalized spacial score (nSPS) is 13.4. The molecule has 0 unspecified atom stereocenters. The molecular weight excluding hydrogens is 312 g/mol. The second kappa shape index (κ2) is 8.10. The molecule has 0 saturated heterocycles. The van der Waals surface area contributed by atoms with Crippen LogP contribution in [0.25, 0.3) is 0 Å². The number of anilines is 1. The minimum Gasteiger partial charge on any atom is -0.337 e. The predicted molar refractivity (Wildman–Crippen MR) is 99.7 cm³/mol. The van der Waals surface area contributed by atoms with E-state index in [1.54, 1.807) is 12.3 Å². The minimum atomic E-state index is 0.00441. The summed E-state index contributed by atoms with van der Waals surface area (Å²) in [5.74, 6) is 0.651. The molecule has 2 heterocycles. The van der Waals surface area contributed by atoms with Crippen molar-refractivity contribution in [2.75, 3.05) is 24.5 Å². The van der Waals surface area contributed by atoms with E-state index in [1.165, 1.54) is 11.1 Å². The van der Waals surface area contributed by atoms with E-state index in [-0.39, 0.29) is 5.91 Å². The molecule has 0 N–H and O–H groups in total. The van der Waals surface area contributed by atoms with Crippen LogP contribution in [0.5, 0.6) is 0 Å². The van der Waals surface area contributed by atoms with Crippen LogP contribution in [0.4, 0.5) is 5.95 Å². The van der Waals surface area contributed by atoms with E-state index in [9.17, 15) is 4.79 Å². The van der Waals surface area contributed by atoms with Crippen molar-refractivity contribution in [3.05, 3.63) is 53.3 Å². The quantitative estimate of drug-likeness (QED) is 0.811. The first-order valence-corrected chi connectivity index (χ1v) is 9.17. The second-order valence-corrected chi connectivity index (χ2v) is 6.47. The Morgan fingerprint density at radius 2 is 1.84 bits per heavy atom. The monoisotopic (exact) mass is 338 g/mol.